The van der Waals surface area contributed by atoms with Gasteiger partial charge >= 0.3 is 0 Å². The molecule has 26 heavy (non-hydrogen) atoms. The summed E-state index contributed by atoms with van der Waals surface area (Å²) in [5, 5.41) is 13.7. The molecule has 132 valence electrons. The second-order valence-corrected chi connectivity index (χ2v) is 5.98. The van der Waals surface area contributed by atoms with Gasteiger partial charge < -0.3 is 9.73 Å². The largest absolute Gasteiger partial charge is 0.451 e. The topological polar surface area (TPSA) is 85.4 Å². The number of hydrogen-bond acceptors (Lipinski definition) is 4. The van der Waals surface area contributed by atoms with Gasteiger partial charge in [-0.15, -0.1) is 0 Å². The van der Waals surface area contributed by atoms with Crippen molar-refractivity contribution in [2.45, 2.75) is 6.42 Å². The van der Waals surface area contributed by atoms with Crippen LogP contribution < -0.4 is 5.32 Å². The number of nitrogens with one attached hydrogen (secondary N) is 1. The zero-order chi connectivity index (χ0) is 18.5. The van der Waals surface area contributed by atoms with Gasteiger partial charge in [-0.05, 0) is 30.2 Å². The molecule has 0 saturated carbocycles. The first-order chi connectivity index (χ1) is 12.5. The number of nitro groups is 1. The monoisotopic (exact) mass is 370 g/mol. The van der Waals surface area contributed by atoms with Crippen LogP contribution in [0.3, 0.4) is 0 Å². The SMILES string of the molecule is O=C(NCCc1ccccc1)c1ccc(-c2ccc([N+](=O)[O-])cc2Cl)o1. The summed E-state index contributed by atoms with van der Waals surface area (Å²) in [6, 6.07) is 17.1. The third-order valence-corrected chi connectivity index (χ3v) is 4.11. The molecular weight excluding hydrogens is 356 g/mol. The number of nitrogens with zero attached hydrogens (tertiary/aromatic N) is 1. The molecule has 2 aromatic carbocycles. The van der Waals surface area contributed by atoms with Gasteiger partial charge in [0.25, 0.3) is 11.6 Å². The molecule has 0 radical (unpaired) electrons. The van der Waals surface area contributed by atoms with Crippen LogP contribution >= 0.6 is 11.6 Å². The normalized spacial score (nSPS) is 10.5. The third-order valence-electron chi connectivity index (χ3n) is 3.80. The van der Waals surface area contributed by atoms with Gasteiger partial charge in [0.2, 0.25) is 0 Å². The number of nitro benzene ring substituents is 1. The van der Waals surface area contributed by atoms with E-state index < -0.39 is 4.92 Å². The van der Waals surface area contributed by atoms with Crippen molar-refractivity contribution in [1.82, 2.24) is 5.32 Å². The van der Waals surface area contributed by atoms with Crippen LogP contribution in [0.5, 0.6) is 0 Å². The first-order valence-corrected chi connectivity index (χ1v) is 8.28. The second-order valence-electron chi connectivity index (χ2n) is 5.58. The van der Waals surface area contributed by atoms with Crippen LogP contribution in [0.15, 0.2) is 65.1 Å². The van der Waals surface area contributed by atoms with E-state index in [1.165, 1.54) is 18.2 Å². The molecule has 1 amide bonds. The van der Waals surface area contributed by atoms with Crippen LogP contribution in [0, 0.1) is 10.1 Å². The van der Waals surface area contributed by atoms with Crippen molar-refractivity contribution in [2.75, 3.05) is 6.54 Å². The number of halogens is 1. The highest BCUT2D eigenvalue weighted by Gasteiger charge is 2.16. The lowest BCUT2D eigenvalue weighted by Gasteiger charge is -2.04. The van der Waals surface area contributed by atoms with Crippen molar-refractivity contribution >= 4 is 23.2 Å². The van der Waals surface area contributed by atoms with Crippen molar-refractivity contribution in [3.05, 3.63) is 87.1 Å². The number of rotatable bonds is 6. The Hall–Kier alpha value is -3.12. The molecule has 0 aliphatic heterocycles. The van der Waals surface area contributed by atoms with E-state index in [-0.39, 0.29) is 22.4 Å². The predicted molar refractivity (Wildman–Crippen MR) is 98.3 cm³/mol. The Balaban J connectivity index is 1.65. The molecule has 0 bridgehead atoms. The summed E-state index contributed by atoms with van der Waals surface area (Å²) in [6.45, 7) is 0.483. The summed E-state index contributed by atoms with van der Waals surface area (Å²) in [4.78, 5) is 22.4. The molecule has 0 aliphatic carbocycles. The Morgan fingerprint density at radius 1 is 1.12 bits per heavy atom. The number of carbonyl (C=O) groups is 1. The molecule has 6 nitrogen and oxygen atoms in total. The third kappa shape index (κ3) is 4.10. The number of hydrogen-bond donors (Lipinski definition) is 1. The minimum absolute atomic E-state index is 0.107. The molecule has 3 rings (SSSR count). The van der Waals surface area contributed by atoms with Crippen LogP contribution in [-0.4, -0.2) is 17.4 Å². The predicted octanol–water partition coefficient (Wildman–Crippen LogP) is 4.48. The lowest BCUT2D eigenvalue weighted by atomic mass is 10.1. The van der Waals surface area contributed by atoms with Gasteiger partial charge in [0, 0.05) is 24.2 Å². The molecule has 0 saturated heterocycles. The maximum Gasteiger partial charge on any atom is 0.287 e. The van der Waals surface area contributed by atoms with E-state index in [2.05, 4.69) is 5.32 Å². The lowest BCUT2D eigenvalue weighted by Crippen LogP contribution is -2.25. The van der Waals surface area contributed by atoms with E-state index in [0.29, 0.717) is 24.3 Å². The van der Waals surface area contributed by atoms with Gasteiger partial charge in [-0.1, -0.05) is 41.9 Å². The Labute approximate surface area is 154 Å². The van der Waals surface area contributed by atoms with E-state index >= 15 is 0 Å². The Kier molecular flexibility index (Phi) is 5.34. The number of furan rings is 1. The zero-order valence-electron chi connectivity index (χ0n) is 13.6. The molecular formula is C19H15ClN2O4. The molecule has 0 spiro atoms. The molecule has 1 N–H and O–H groups in total. The quantitative estimate of drug-likeness (QED) is 0.512. The number of benzene rings is 2. The zero-order valence-corrected chi connectivity index (χ0v) is 14.4. The highest BCUT2D eigenvalue weighted by molar-refractivity contribution is 6.33. The molecule has 0 fully saturated rings. The van der Waals surface area contributed by atoms with Gasteiger partial charge in [-0.2, -0.15) is 0 Å². The van der Waals surface area contributed by atoms with Gasteiger partial charge in [0.15, 0.2) is 5.76 Å². The summed E-state index contributed by atoms with van der Waals surface area (Å²) >= 11 is 6.08. The van der Waals surface area contributed by atoms with Gasteiger partial charge in [-0.25, -0.2) is 0 Å². The van der Waals surface area contributed by atoms with E-state index in [1.54, 1.807) is 12.1 Å². The number of carbonyl (C=O) groups excluding carboxylic acids is 1. The molecule has 0 unspecified atom stereocenters. The average molecular weight is 371 g/mol. The lowest BCUT2D eigenvalue weighted by molar-refractivity contribution is -0.384. The summed E-state index contributed by atoms with van der Waals surface area (Å²) < 4.78 is 5.55. The Morgan fingerprint density at radius 3 is 2.58 bits per heavy atom. The van der Waals surface area contributed by atoms with Crippen LogP contribution in [0.1, 0.15) is 16.1 Å². The molecule has 0 aliphatic rings. The summed E-state index contributed by atoms with van der Waals surface area (Å²) in [7, 11) is 0. The summed E-state index contributed by atoms with van der Waals surface area (Å²) in [6.07, 6.45) is 0.717. The van der Waals surface area contributed by atoms with E-state index in [1.807, 2.05) is 30.3 Å². The van der Waals surface area contributed by atoms with Crippen molar-refractivity contribution in [3.8, 4) is 11.3 Å². The van der Waals surface area contributed by atoms with Crippen molar-refractivity contribution < 1.29 is 14.1 Å². The van der Waals surface area contributed by atoms with Crippen LogP contribution in [0.4, 0.5) is 5.69 Å². The maximum atomic E-state index is 12.2. The fourth-order valence-electron chi connectivity index (χ4n) is 2.47. The second kappa shape index (κ2) is 7.84. The molecule has 0 atom stereocenters. The average Bonchev–Trinajstić information content (AvgIpc) is 3.12. The van der Waals surface area contributed by atoms with Gasteiger partial charge in [-0.3, -0.25) is 14.9 Å². The molecule has 3 aromatic rings. The smallest absolute Gasteiger partial charge is 0.287 e. The number of amides is 1. The fraction of sp³-hybridized carbons (Fsp3) is 0.105. The Morgan fingerprint density at radius 2 is 1.88 bits per heavy atom. The van der Waals surface area contributed by atoms with Crippen LogP contribution in [0.25, 0.3) is 11.3 Å². The van der Waals surface area contributed by atoms with Crippen molar-refractivity contribution in [2.24, 2.45) is 0 Å². The van der Waals surface area contributed by atoms with E-state index in [4.69, 9.17) is 16.0 Å². The van der Waals surface area contributed by atoms with E-state index in [9.17, 15) is 14.9 Å². The first-order valence-electron chi connectivity index (χ1n) is 7.91. The van der Waals surface area contributed by atoms with Crippen LogP contribution in [0.2, 0.25) is 5.02 Å². The van der Waals surface area contributed by atoms with Crippen molar-refractivity contribution in [3.63, 3.8) is 0 Å². The summed E-state index contributed by atoms with van der Waals surface area (Å²) in [5.41, 5.74) is 1.51. The maximum absolute atomic E-state index is 12.2. The van der Waals surface area contributed by atoms with Crippen molar-refractivity contribution in [1.29, 1.82) is 0 Å². The van der Waals surface area contributed by atoms with Crippen LogP contribution in [-0.2, 0) is 6.42 Å². The minimum atomic E-state index is -0.524. The first kappa shape index (κ1) is 17.7. The van der Waals surface area contributed by atoms with Gasteiger partial charge in [0.05, 0.1) is 9.95 Å². The number of non-ortho nitro benzene ring substituents is 1. The minimum Gasteiger partial charge on any atom is -0.451 e. The molecule has 1 aromatic heterocycles. The highest BCUT2D eigenvalue weighted by atomic mass is 35.5. The van der Waals surface area contributed by atoms with E-state index in [0.717, 1.165) is 5.56 Å². The summed E-state index contributed by atoms with van der Waals surface area (Å²) in [5.74, 6) is 0.200. The molecule has 7 heteroatoms. The standard InChI is InChI=1S/C19H15ClN2O4/c20-16-12-14(22(24)25)6-7-15(16)17-8-9-18(26-17)19(23)21-11-10-13-4-2-1-3-5-13/h1-9,12H,10-11H2,(H,21,23). The fourth-order valence-corrected chi connectivity index (χ4v) is 2.74. The Bertz CT molecular complexity index is 938. The van der Waals surface area contributed by atoms with Gasteiger partial charge in [0.1, 0.15) is 5.76 Å². The highest BCUT2D eigenvalue weighted by Crippen LogP contribution is 2.32. The molecule has 1 heterocycles.